The Hall–Kier alpha value is -0.0500. The quantitative estimate of drug-likeness (QED) is 0.423. The monoisotopic (exact) mass is 316 g/mol. The summed E-state index contributed by atoms with van der Waals surface area (Å²) < 4.78 is 0. The molecule has 116 valence electrons. The normalized spacial score (nSPS) is 12.8. The van der Waals surface area contributed by atoms with Crippen LogP contribution in [0.2, 0.25) is 5.02 Å². The van der Waals surface area contributed by atoms with Gasteiger partial charge in [0.25, 0.3) is 0 Å². The van der Waals surface area contributed by atoms with E-state index in [1.165, 1.54) is 57.8 Å². The van der Waals surface area contributed by atoms with Crippen LogP contribution in [-0.4, -0.2) is 5.11 Å². The molecule has 1 aromatic rings. The molecule has 1 aromatic heterocycles. The van der Waals surface area contributed by atoms with Crippen LogP contribution in [0.1, 0.15) is 88.5 Å². The highest BCUT2D eigenvalue weighted by Gasteiger charge is 2.09. The van der Waals surface area contributed by atoms with Gasteiger partial charge in [-0.25, -0.2) is 0 Å². The van der Waals surface area contributed by atoms with Gasteiger partial charge in [0.1, 0.15) is 0 Å². The third-order valence-corrected chi connectivity index (χ3v) is 5.13. The van der Waals surface area contributed by atoms with Crippen molar-refractivity contribution in [2.75, 3.05) is 0 Å². The third-order valence-electron chi connectivity index (χ3n) is 3.75. The highest BCUT2D eigenvalue weighted by atomic mass is 35.5. The predicted octanol–water partition coefficient (Wildman–Crippen LogP) is 6.75. The van der Waals surface area contributed by atoms with Gasteiger partial charge in [-0.2, -0.15) is 0 Å². The molecule has 1 heterocycles. The zero-order valence-corrected chi connectivity index (χ0v) is 14.3. The van der Waals surface area contributed by atoms with E-state index in [-0.39, 0.29) is 6.10 Å². The number of halogens is 1. The lowest BCUT2D eigenvalue weighted by Crippen LogP contribution is -1.94. The number of thiophene rings is 1. The standard InChI is InChI=1S/C17H29ClOS/c1-2-3-4-5-6-7-8-9-10-11-12-16(19)17-13-15(18)14-20-17/h13-14,16,19H,2-12H2,1H3. The lowest BCUT2D eigenvalue weighted by atomic mass is 10.0. The highest BCUT2D eigenvalue weighted by molar-refractivity contribution is 7.10. The summed E-state index contributed by atoms with van der Waals surface area (Å²) in [5, 5.41) is 12.6. The molecule has 0 spiro atoms. The highest BCUT2D eigenvalue weighted by Crippen LogP contribution is 2.28. The molecule has 0 aliphatic rings. The van der Waals surface area contributed by atoms with Crippen LogP contribution in [0, 0.1) is 0 Å². The maximum atomic E-state index is 10.0. The lowest BCUT2D eigenvalue weighted by molar-refractivity contribution is 0.167. The number of rotatable bonds is 12. The Morgan fingerprint density at radius 2 is 1.55 bits per heavy atom. The van der Waals surface area contributed by atoms with Crippen LogP contribution < -0.4 is 0 Å². The van der Waals surface area contributed by atoms with Gasteiger partial charge in [-0.3, -0.25) is 0 Å². The van der Waals surface area contributed by atoms with E-state index in [0.717, 1.165) is 22.7 Å². The van der Waals surface area contributed by atoms with E-state index in [1.807, 2.05) is 11.4 Å². The number of aliphatic hydroxyl groups excluding tert-OH is 1. The maximum absolute atomic E-state index is 10.0. The van der Waals surface area contributed by atoms with Crippen LogP contribution in [0.5, 0.6) is 0 Å². The van der Waals surface area contributed by atoms with Crippen LogP contribution in [0.4, 0.5) is 0 Å². The molecule has 1 nitrogen and oxygen atoms in total. The summed E-state index contributed by atoms with van der Waals surface area (Å²) in [6, 6.07) is 1.88. The van der Waals surface area contributed by atoms with Gasteiger partial charge in [-0.05, 0) is 12.5 Å². The molecule has 1 atom stereocenters. The summed E-state index contributed by atoms with van der Waals surface area (Å²) in [4.78, 5) is 1.01. The molecule has 1 rings (SSSR count). The molecule has 0 fully saturated rings. The molecular formula is C17H29ClOS. The average molecular weight is 317 g/mol. The fraction of sp³-hybridized carbons (Fsp3) is 0.765. The second-order valence-electron chi connectivity index (χ2n) is 5.65. The third kappa shape index (κ3) is 8.28. The van der Waals surface area contributed by atoms with Gasteiger partial charge in [-0.1, -0.05) is 82.7 Å². The predicted molar refractivity (Wildman–Crippen MR) is 90.7 cm³/mol. The first-order chi connectivity index (χ1) is 9.74. The average Bonchev–Trinajstić information content (AvgIpc) is 2.87. The lowest BCUT2D eigenvalue weighted by Gasteiger charge is -2.08. The fourth-order valence-electron chi connectivity index (χ4n) is 2.47. The zero-order chi connectivity index (χ0) is 14.6. The van der Waals surface area contributed by atoms with Gasteiger partial charge in [0, 0.05) is 10.3 Å². The molecule has 0 amide bonds. The van der Waals surface area contributed by atoms with Crippen molar-refractivity contribution in [2.24, 2.45) is 0 Å². The van der Waals surface area contributed by atoms with Crippen molar-refractivity contribution in [3.8, 4) is 0 Å². The minimum Gasteiger partial charge on any atom is -0.388 e. The van der Waals surface area contributed by atoms with Crippen LogP contribution >= 0.6 is 22.9 Å². The van der Waals surface area contributed by atoms with Crippen LogP contribution in [0.3, 0.4) is 0 Å². The van der Waals surface area contributed by atoms with Gasteiger partial charge < -0.3 is 5.11 Å². The van der Waals surface area contributed by atoms with Crippen molar-refractivity contribution in [3.05, 3.63) is 21.3 Å². The fourth-order valence-corrected chi connectivity index (χ4v) is 3.57. The summed E-state index contributed by atoms with van der Waals surface area (Å²) in [6.45, 7) is 2.26. The van der Waals surface area contributed by atoms with Crippen molar-refractivity contribution >= 4 is 22.9 Å². The molecule has 0 aromatic carbocycles. The van der Waals surface area contributed by atoms with E-state index in [9.17, 15) is 5.11 Å². The minimum atomic E-state index is -0.318. The topological polar surface area (TPSA) is 20.2 Å². The van der Waals surface area contributed by atoms with Gasteiger partial charge in [0.05, 0.1) is 11.1 Å². The van der Waals surface area contributed by atoms with E-state index in [1.54, 1.807) is 11.3 Å². The summed E-state index contributed by atoms with van der Waals surface area (Å²) in [6.07, 6.45) is 13.9. The van der Waals surface area contributed by atoms with E-state index >= 15 is 0 Å². The van der Waals surface area contributed by atoms with Gasteiger partial charge in [0.2, 0.25) is 0 Å². The largest absolute Gasteiger partial charge is 0.388 e. The Morgan fingerprint density at radius 3 is 2.05 bits per heavy atom. The first-order valence-corrected chi connectivity index (χ1v) is 9.41. The Morgan fingerprint density at radius 1 is 1.00 bits per heavy atom. The Kier molecular flexibility index (Phi) is 10.4. The second-order valence-corrected chi connectivity index (χ2v) is 7.03. The van der Waals surface area contributed by atoms with E-state index in [0.29, 0.717) is 0 Å². The molecule has 0 bridgehead atoms. The van der Waals surface area contributed by atoms with Crippen LogP contribution in [0.15, 0.2) is 11.4 Å². The molecule has 1 N–H and O–H groups in total. The summed E-state index contributed by atoms with van der Waals surface area (Å²) in [5.41, 5.74) is 0. The molecule has 3 heteroatoms. The SMILES string of the molecule is CCCCCCCCCCCCC(O)c1cc(Cl)cs1. The second kappa shape index (κ2) is 11.6. The van der Waals surface area contributed by atoms with Crippen molar-refractivity contribution in [2.45, 2.75) is 83.7 Å². The Labute approximate surface area is 133 Å². The minimum absolute atomic E-state index is 0.318. The number of aliphatic hydroxyl groups is 1. The summed E-state index contributed by atoms with van der Waals surface area (Å²) in [7, 11) is 0. The van der Waals surface area contributed by atoms with Crippen LogP contribution in [0.25, 0.3) is 0 Å². The van der Waals surface area contributed by atoms with Crippen molar-refractivity contribution in [1.29, 1.82) is 0 Å². The first kappa shape index (κ1) is 18.0. The molecule has 0 radical (unpaired) electrons. The summed E-state index contributed by atoms with van der Waals surface area (Å²) in [5.74, 6) is 0. The Bertz CT molecular complexity index is 337. The van der Waals surface area contributed by atoms with Gasteiger partial charge in [-0.15, -0.1) is 11.3 Å². The maximum Gasteiger partial charge on any atom is 0.0882 e. The van der Waals surface area contributed by atoms with E-state index in [2.05, 4.69) is 6.92 Å². The summed E-state index contributed by atoms with van der Waals surface area (Å²) >= 11 is 7.42. The van der Waals surface area contributed by atoms with Crippen molar-refractivity contribution < 1.29 is 5.11 Å². The molecule has 0 aliphatic heterocycles. The zero-order valence-electron chi connectivity index (χ0n) is 12.7. The smallest absolute Gasteiger partial charge is 0.0882 e. The van der Waals surface area contributed by atoms with Crippen molar-refractivity contribution in [1.82, 2.24) is 0 Å². The molecule has 20 heavy (non-hydrogen) atoms. The Balaban J connectivity index is 1.89. The van der Waals surface area contributed by atoms with Crippen molar-refractivity contribution in [3.63, 3.8) is 0 Å². The molecule has 0 aliphatic carbocycles. The molecule has 1 unspecified atom stereocenters. The molecular weight excluding hydrogens is 288 g/mol. The molecule has 0 saturated carbocycles. The van der Waals surface area contributed by atoms with E-state index in [4.69, 9.17) is 11.6 Å². The van der Waals surface area contributed by atoms with Gasteiger partial charge in [0.15, 0.2) is 0 Å². The van der Waals surface area contributed by atoms with Crippen LogP contribution in [-0.2, 0) is 0 Å². The van der Waals surface area contributed by atoms with E-state index < -0.39 is 0 Å². The first-order valence-electron chi connectivity index (χ1n) is 8.16. The number of hydrogen-bond acceptors (Lipinski definition) is 2. The number of hydrogen-bond donors (Lipinski definition) is 1. The van der Waals surface area contributed by atoms with Gasteiger partial charge >= 0.3 is 0 Å². The molecule has 0 saturated heterocycles. The number of unbranched alkanes of at least 4 members (excludes halogenated alkanes) is 9.